The minimum absolute atomic E-state index is 0.0740. The first-order valence-corrected chi connectivity index (χ1v) is 15.7. The van der Waals surface area contributed by atoms with Gasteiger partial charge in [0.1, 0.15) is 11.1 Å². The van der Waals surface area contributed by atoms with Crippen LogP contribution in [0.25, 0.3) is 0 Å². The molecule has 0 N–H and O–H groups in total. The van der Waals surface area contributed by atoms with E-state index in [-0.39, 0.29) is 20.4 Å². The topological polar surface area (TPSA) is 95.3 Å². The lowest BCUT2D eigenvalue weighted by Gasteiger charge is -2.23. The average molecular weight is 644 g/mol. The van der Waals surface area contributed by atoms with Crippen molar-refractivity contribution in [3.8, 4) is 6.07 Å². The van der Waals surface area contributed by atoms with Crippen LogP contribution in [0.3, 0.4) is 0 Å². The number of rotatable bonds is 6. The van der Waals surface area contributed by atoms with Crippen molar-refractivity contribution in [3.05, 3.63) is 73.5 Å². The normalized spacial score (nSPS) is 16.0. The predicted molar refractivity (Wildman–Crippen MR) is 140 cm³/mol. The third-order valence-electron chi connectivity index (χ3n) is 5.86. The number of sulfonamides is 2. The van der Waals surface area contributed by atoms with Gasteiger partial charge in [-0.1, -0.05) is 45.2 Å². The lowest BCUT2D eigenvalue weighted by atomic mass is 9.86. The first kappa shape index (κ1) is 25.4. The molecule has 1 aliphatic rings. The third kappa shape index (κ3) is 4.58. The zero-order valence-corrected chi connectivity index (χ0v) is 23.7. The number of nitriles is 1. The van der Waals surface area contributed by atoms with Crippen LogP contribution < -0.4 is 3.71 Å². The molecule has 34 heavy (non-hydrogen) atoms. The van der Waals surface area contributed by atoms with E-state index in [0.717, 1.165) is 34.6 Å². The van der Waals surface area contributed by atoms with Crippen LogP contribution in [0.15, 0.2) is 67.3 Å². The minimum atomic E-state index is -4.57. The van der Waals surface area contributed by atoms with Gasteiger partial charge in [0, 0.05) is 13.8 Å². The molecule has 0 bridgehead atoms. The van der Waals surface area contributed by atoms with Gasteiger partial charge in [-0.2, -0.15) is 22.1 Å². The Morgan fingerprint density at radius 3 is 1.91 bits per heavy atom. The number of fused-ring (bicyclic) bond motifs is 1. The summed E-state index contributed by atoms with van der Waals surface area (Å²) in [6.07, 6.45) is 3.17. The fourth-order valence-electron chi connectivity index (χ4n) is 3.98. The summed E-state index contributed by atoms with van der Waals surface area (Å²) in [7, 11) is -9.13. The van der Waals surface area contributed by atoms with Crippen molar-refractivity contribution in [1.29, 1.82) is 5.26 Å². The number of hydrogen-bond acceptors (Lipinski definition) is 6. The maximum absolute atomic E-state index is 13.9. The molecule has 1 atom stereocenters. The van der Waals surface area contributed by atoms with Gasteiger partial charge >= 0.3 is 0 Å². The highest BCUT2D eigenvalue weighted by Crippen LogP contribution is 2.45. The number of benzene rings is 2. The molecule has 0 saturated carbocycles. The molecule has 1 aromatic heterocycles. The van der Waals surface area contributed by atoms with E-state index in [9.17, 15) is 22.1 Å². The molecule has 3 aromatic rings. The van der Waals surface area contributed by atoms with Crippen LogP contribution in [-0.4, -0.2) is 16.8 Å². The minimum Gasteiger partial charge on any atom is -0.200 e. The maximum atomic E-state index is 13.9. The Bertz CT molecular complexity index is 1400. The lowest BCUT2D eigenvalue weighted by Crippen LogP contribution is -2.37. The Morgan fingerprint density at radius 1 is 0.971 bits per heavy atom. The summed E-state index contributed by atoms with van der Waals surface area (Å²) in [5, 5.41) is 9.93. The third-order valence-corrected chi connectivity index (χ3v) is 12.5. The second-order valence-electron chi connectivity index (χ2n) is 7.93. The van der Waals surface area contributed by atoms with Gasteiger partial charge in [0.25, 0.3) is 20.0 Å². The van der Waals surface area contributed by atoms with Crippen molar-refractivity contribution in [1.82, 2.24) is 0 Å². The van der Waals surface area contributed by atoms with E-state index >= 15 is 0 Å². The molecular weight excluding hydrogens is 624 g/mol. The molecule has 4 rings (SSSR count). The molecule has 1 heterocycles. The van der Waals surface area contributed by atoms with Crippen LogP contribution in [-0.2, 0) is 32.9 Å². The number of anilines is 1. The molecule has 11 heteroatoms. The molecule has 178 valence electrons. The Labute approximate surface area is 220 Å². The first-order valence-electron chi connectivity index (χ1n) is 10.5. The van der Waals surface area contributed by atoms with Gasteiger partial charge in [0.05, 0.1) is 15.4 Å². The lowest BCUT2D eigenvalue weighted by molar-refractivity contribution is 0.450. The van der Waals surface area contributed by atoms with Crippen LogP contribution >= 0.6 is 43.2 Å². The molecule has 0 fully saturated rings. The zero-order valence-electron chi connectivity index (χ0n) is 18.0. The molecule has 1 aliphatic carbocycles. The van der Waals surface area contributed by atoms with E-state index in [1.54, 1.807) is 0 Å². The molecule has 6 nitrogen and oxygen atoms in total. The standard InChI is InChI=1S/C23H20Br2N2O4S3/c1-2-15-3-12-20-21(14-26)23(32-22(20)13-15)27(33(28,29)18-8-4-16(24)5-9-18)34(30,31)19-10-6-17(25)7-11-19/h4-11,15H,2-3,12-13H2,1H3. The first-order chi connectivity index (χ1) is 16.1. The molecule has 0 amide bonds. The summed E-state index contributed by atoms with van der Waals surface area (Å²) >= 11 is 7.65. The molecular formula is C23H20Br2N2O4S3. The molecule has 0 aliphatic heterocycles. The Balaban J connectivity index is 1.98. The molecule has 0 spiro atoms. The number of hydrogen-bond donors (Lipinski definition) is 0. The fraction of sp³-hybridized carbons (Fsp3) is 0.261. The number of nitrogens with zero attached hydrogens (tertiary/aromatic N) is 2. The van der Waals surface area contributed by atoms with Crippen LogP contribution in [0.1, 0.15) is 35.8 Å². The van der Waals surface area contributed by atoms with Crippen molar-refractivity contribution >= 4 is 68.2 Å². The van der Waals surface area contributed by atoms with Gasteiger partial charge < -0.3 is 0 Å². The van der Waals surface area contributed by atoms with Crippen LogP contribution in [0, 0.1) is 17.2 Å². The van der Waals surface area contributed by atoms with Crippen molar-refractivity contribution in [2.75, 3.05) is 3.71 Å². The quantitative estimate of drug-likeness (QED) is 0.317. The SMILES string of the molecule is CCC1CCc2c(sc(N(S(=O)(=O)c3ccc(Br)cc3)S(=O)(=O)c3ccc(Br)cc3)c2C#N)C1. The van der Waals surface area contributed by atoms with E-state index in [2.05, 4.69) is 44.9 Å². The van der Waals surface area contributed by atoms with Gasteiger partial charge in [0.2, 0.25) is 0 Å². The molecule has 2 aromatic carbocycles. The smallest absolute Gasteiger partial charge is 0.200 e. The van der Waals surface area contributed by atoms with Crippen molar-refractivity contribution in [2.24, 2.45) is 5.92 Å². The second-order valence-corrected chi connectivity index (χ2v) is 14.6. The van der Waals surface area contributed by atoms with Gasteiger partial charge in [-0.3, -0.25) is 0 Å². The summed E-state index contributed by atoms with van der Waals surface area (Å²) < 4.78 is 57.2. The highest BCUT2D eigenvalue weighted by atomic mass is 79.9. The Kier molecular flexibility index (Phi) is 7.27. The Hall–Kier alpha value is -1.71. The largest absolute Gasteiger partial charge is 0.278 e. The van der Waals surface area contributed by atoms with E-state index in [1.165, 1.54) is 48.5 Å². The van der Waals surface area contributed by atoms with Gasteiger partial charge in [0.15, 0.2) is 0 Å². The van der Waals surface area contributed by atoms with Crippen molar-refractivity contribution < 1.29 is 16.8 Å². The zero-order chi connectivity index (χ0) is 24.7. The Morgan fingerprint density at radius 2 is 1.47 bits per heavy atom. The number of halogens is 2. The molecule has 0 saturated heterocycles. The van der Waals surface area contributed by atoms with Crippen molar-refractivity contribution in [2.45, 2.75) is 42.4 Å². The summed E-state index contributed by atoms with van der Waals surface area (Å²) in [6, 6.07) is 13.6. The monoisotopic (exact) mass is 642 g/mol. The van der Waals surface area contributed by atoms with Crippen LogP contribution in [0.4, 0.5) is 5.00 Å². The van der Waals surface area contributed by atoms with E-state index < -0.39 is 20.0 Å². The summed E-state index contributed by atoms with van der Waals surface area (Å²) in [5.41, 5.74) is 0.880. The summed E-state index contributed by atoms with van der Waals surface area (Å²) in [5.74, 6) is 0.421. The van der Waals surface area contributed by atoms with Gasteiger partial charge in [-0.15, -0.1) is 15.0 Å². The highest BCUT2D eigenvalue weighted by molar-refractivity contribution is 9.10. The summed E-state index contributed by atoms with van der Waals surface area (Å²) in [4.78, 5) is 0.517. The number of thiophene rings is 1. The second kappa shape index (κ2) is 9.74. The van der Waals surface area contributed by atoms with E-state index in [1.807, 2.05) is 0 Å². The molecule has 1 unspecified atom stereocenters. The molecule has 0 radical (unpaired) electrons. The average Bonchev–Trinajstić information content (AvgIpc) is 3.15. The van der Waals surface area contributed by atoms with Crippen molar-refractivity contribution in [3.63, 3.8) is 0 Å². The summed E-state index contributed by atoms with van der Waals surface area (Å²) in [6.45, 7) is 2.09. The predicted octanol–water partition coefficient (Wildman–Crippen LogP) is 6.24. The maximum Gasteiger partial charge on any atom is 0.278 e. The van der Waals surface area contributed by atoms with Crippen LogP contribution in [0.5, 0.6) is 0 Å². The van der Waals surface area contributed by atoms with E-state index in [0.29, 0.717) is 31.4 Å². The van der Waals surface area contributed by atoms with Gasteiger partial charge in [-0.25, -0.2) is 0 Å². The van der Waals surface area contributed by atoms with Gasteiger partial charge in [-0.05, 0) is 79.3 Å². The fourth-order valence-corrected chi connectivity index (χ4v) is 10.1. The van der Waals surface area contributed by atoms with E-state index in [4.69, 9.17) is 0 Å². The van der Waals surface area contributed by atoms with Crippen LogP contribution in [0.2, 0.25) is 0 Å². The highest BCUT2D eigenvalue weighted by Gasteiger charge is 2.41.